The first kappa shape index (κ1) is 16.4. The average Bonchev–Trinajstić information content (AvgIpc) is 2.06. The van der Waals surface area contributed by atoms with Gasteiger partial charge in [-0.1, -0.05) is 6.61 Å². The van der Waals surface area contributed by atoms with Crippen LogP contribution in [0.1, 0.15) is 11.1 Å². The van der Waals surface area contributed by atoms with Crippen molar-refractivity contribution in [2.45, 2.75) is 0 Å². The molecule has 0 aromatic heterocycles. The molecule has 2 radical (unpaired) electrons. The van der Waals surface area contributed by atoms with Gasteiger partial charge in [-0.15, -0.1) is 0 Å². The second-order valence-corrected chi connectivity index (χ2v) is 2.16. The van der Waals surface area contributed by atoms with Crippen LogP contribution in [0.5, 0.6) is 0 Å². The number of ether oxygens (including phenoxy) is 1. The summed E-state index contributed by atoms with van der Waals surface area (Å²) < 4.78 is 4.85. The van der Waals surface area contributed by atoms with Crippen molar-refractivity contribution in [2.24, 2.45) is 0 Å². The second kappa shape index (κ2) is 9.55. The normalized spacial score (nSPS) is 7.77. The molecule has 0 fully saturated rings. The molecule has 1 aromatic carbocycles. The summed E-state index contributed by atoms with van der Waals surface area (Å²) in [5.41, 5.74) is 2.01. The average molecular weight is 324 g/mol. The van der Waals surface area contributed by atoms with Gasteiger partial charge < -0.3 is 4.74 Å². The van der Waals surface area contributed by atoms with Crippen molar-refractivity contribution < 1.29 is 70.2 Å². The van der Waals surface area contributed by atoms with Crippen molar-refractivity contribution in [3.05, 3.63) is 54.7 Å². The molecule has 0 saturated carbocycles. The molecule has 0 bridgehead atoms. The van der Waals surface area contributed by atoms with E-state index in [9.17, 15) is 0 Å². The van der Waals surface area contributed by atoms with Crippen molar-refractivity contribution in [3.63, 3.8) is 0 Å². The zero-order valence-corrected chi connectivity index (χ0v) is 13.3. The fourth-order valence-corrected chi connectivity index (χ4v) is 0.858. The molecule has 0 spiro atoms. The molecule has 1 aromatic rings. The van der Waals surface area contributed by atoms with Crippen LogP contribution in [0.25, 0.3) is 0 Å². The van der Waals surface area contributed by atoms with Gasteiger partial charge in [-0.05, 0) is 0 Å². The van der Waals surface area contributed by atoms with E-state index in [0.29, 0.717) is 0 Å². The van der Waals surface area contributed by atoms with E-state index in [4.69, 9.17) is 4.74 Å². The van der Waals surface area contributed by atoms with Gasteiger partial charge in [0.1, 0.15) is 0 Å². The topological polar surface area (TPSA) is 9.23 Å². The monoisotopic (exact) mass is 324 g/mol. The molecule has 13 heavy (non-hydrogen) atoms. The van der Waals surface area contributed by atoms with E-state index in [1.165, 1.54) is 0 Å². The van der Waals surface area contributed by atoms with Crippen molar-refractivity contribution in [2.75, 3.05) is 7.11 Å². The van der Waals surface area contributed by atoms with E-state index in [1.807, 2.05) is 24.3 Å². The zero-order chi connectivity index (χ0) is 8.10. The van der Waals surface area contributed by atoms with Gasteiger partial charge in [0, 0.05) is 72.5 Å². The van der Waals surface area contributed by atoms with E-state index >= 15 is 0 Å². The maximum absolute atomic E-state index is 4.85. The summed E-state index contributed by atoms with van der Waals surface area (Å²) in [5.74, 6) is 0. The number of hydrogen-bond donors (Lipinski definition) is 0. The Morgan fingerprint density at radius 2 is 2.08 bits per heavy atom. The van der Waals surface area contributed by atoms with E-state index in [2.05, 4.69) is 12.7 Å². The van der Waals surface area contributed by atoms with Crippen LogP contribution in [-0.2, 0) is 70.2 Å². The zero-order valence-electron chi connectivity index (χ0n) is 7.66. The van der Waals surface area contributed by atoms with Crippen LogP contribution in [0.3, 0.4) is 0 Å². The van der Waals surface area contributed by atoms with E-state index < -0.39 is 0 Å². The van der Waals surface area contributed by atoms with Crippen LogP contribution in [0.15, 0.2) is 30.8 Å². The Morgan fingerprint density at radius 1 is 1.38 bits per heavy atom. The maximum Gasteiger partial charge on any atom is 0.0259 e. The Bertz CT molecular complexity index is 248. The summed E-state index contributed by atoms with van der Waals surface area (Å²) in [4.78, 5) is 0. The van der Waals surface area contributed by atoms with Crippen molar-refractivity contribution in [1.29, 1.82) is 0 Å². The first-order valence-corrected chi connectivity index (χ1v) is 3.36. The SMILES string of the molecule is C=[C-]c1cccc([CH-]OC)c1.[Y].[Y]. The summed E-state index contributed by atoms with van der Waals surface area (Å²) in [6.07, 6.45) is 2.80. The van der Waals surface area contributed by atoms with E-state index in [1.54, 1.807) is 13.7 Å². The minimum absolute atomic E-state index is 0. The van der Waals surface area contributed by atoms with Gasteiger partial charge in [0.05, 0.1) is 0 Å². The largest absolute Gasteiger partial charge is 0.417 e. The quantitative estimate of drug-likeness (QED) is 0.775. The Morgan fingerprint density at radius 3 is 2.62 bits per heavy atom. The molecular weight excluding hydrogens is 314 g/mol. The molecule has 0 atom stereocenters. The molecule has 0 unspecified atom stereocenters. The molecular formula is C10H10OY2-2. The van der Waals surface area contributed by atoms with Crippen LogP contribution in [0.4, 0.5) is 0 Å². The third-order valence-electron chi connectivity index (χ3n) is 1.34. The summed E-state index contributed by atoms with van der Waals surface area (Å²) in [6, 6.07) is 7.80. The Hall–Kier alpha value is 0.998. The number of benzene rings is 1. The van der Waals surface area contributed by atoms with Gasteiger partial charge in [-0.25, -0.2) is 0 Å². The summed E-state index contributed by atoms with van der Waals surface area (Å²) in [7, 11) is 1.63. The summed E-state index contributed by atoms with van der Waals surface area (Å²) in [6.45, 7) is 5.23. The molecule has 0 amide bonds. The standard InChI is InChI=1S/C10H10O.2Y/c1-3-9-5-4-6-10(7-9)8-11-2;;/h4-8H,1H2,2H3;;/q-2;;. The van der Waals surface area contributed by atoms with Crippen LogP contribution in [0.2, 0.25) is 0 Å². The van der Waals surface area contributed by atoms with Gasteiger partial charge in [0.25, 0.3) is 0 Å². The predicted octanol–water partition coefficient (Wildman–Crippen LogP) is 2.18. The first-order valence-electron chi connectivity index (χ1n) is 3.36. The fourth-order valence-electron chi connectivity index (χ4n) is 0.858. The second-order valence-electron chi connectivity index (χ2n) is 2.16. The van der Waals surface area contributed by atoms with Gasteiger partial charge in [-0.2, -0.15) is 48.0 Å². The Labute approximate surface area is 130 Å². The van der Waals surface area contributed by atoms with Crippen molar-refractivity contribution in [1.82, 2.24) is 0 Å². The smallest absolute Gasteiger partial charge is 0.0259 e. The van der Waals surface area contributed by atoms with Crippen molar-refractivity contribution >= 4 is 0 Å². The minimum Gasteiger partial charge on any atom is -0.417 e. The molecule has 0 saturated heterocycles. The molecule has 64 valence electrons. The van der Waals surface area contributed by atoms with Gasteiger partial charge >= 0.3 is 0 Å². The summed E-state index contributed by atoms with van der Waals surface area (Å²) in [5, 5.41) is 0. The number of rotatable bonds is 3. The summed E-state index contributed by atoms with van der Waals surface area (Å²) >= 11 is 0. The molecule has 0 N–H and O–H groups in total. The Balaban J connectivity index is 0. The molecule has 0 aliphatic rings. The van der Waals surface area contributed by atoms with Crippen LogP contribution in [0, 0.1) is 12.7 Å². The predicted molar refractivity (Wildman–Crippen MR) is 44.8 cm³/mol. The molecule has 0 heterocycles. The molecule has 0 aliphatic heterocycles. The van der Waals surface area contributed by atoms with Gasteiger partial charge in [0.2, 0.25) is 0 Å². The van der Waals surface area contributed by atoms with E-state index in [-0.39, 0.29) is 65.4 Å². The van der Waals surface area contributed by atoms with Gasteiger partial charge in [-0.3, -0.25) is 0 Å². The fraction of sp³-hybridized carbons (Fsp3) is 0.100. The third kappa shape index (κ3) is 6.14. The van der Waals surface area contributed by atoms with Crippen LogP contribution < -0.4 is 0 Å². The van der Waals surface area contributed by atoms with Crippen molar-refractivity contribution in [3.8, 4) is 0 Å². The molecule has 0 aliphatic carbocycles. The number of hydrogen-bond acceptors (Lipinski definition) is 1. The first-order chi connectivity index (χ1) is 5.36. The molecule has 3 heteroatoms. The van der Waals surface area contributed by atoms with Crippen LogP contribution in [-0.4, -0.2) is 7.11 Å². The molecule has 1 rings (SSSR count). The van der Waals surface area contributed by atoms with E-state index in [0.717, 1.165) is 11.1 Å². The van der Waals surface area contributed by atoms with Gasteiger partial charge in [0.15, 0.2) is 0 Å². The van der Waals surface area contributed by atoms with Crippen LogP contribution >= 0.6 is 0 Å². The maximum atomic E-state index is 4.85. The molecule has 1 nitrogen and oxygen atoms in total. The minimum atomic E-state index is 0. The third-order valence-corrected chi connectivity index (χ3v) is 1.34. The Kier molecular flexibility index (Phi) is 12.1. The number of methoxy groups -OCH3 is 1.